The van der Waals surface area contributed by atoms with Gasteiger partial charge in [-0.2, -0.15) is 0 Å². The van der Waals surface area contributed by atoms with Gasteiger partial charge in [-0.05, 0) is 32.4 Å². The van der Waals surface area contributed by atoms with Crippen molar-refractivity contribution in [3.8, 4) is 0 Å². The van der Waals surface area contributed by atoms with Crippen molar-refractivity contribution in [2.24, 2.45) is 0 Å². The van der Waals surface area contributed by atoms with Crippen molar-refractivity contribution in [1.82, 2.24) is 15.3 Å². The summed E-state index contributed by atoms with van der Waals surface area (Å²) in [5.74, 6) is -0.933. The molecule has 7 heteroatoms. The molecular formula is C18H21ClN4O2. The number of anilines is 1. The maximum atomic E-state index is 12.6. The van der Waals surface area contributed by atoms with E-state index in [-0.39, 0.29) is 11.4 Å². The molecular weight excluding hydrogens is 340 g/mol. The zero-order chi connectivity index (χ0) is 18.4. The molecule has 2 aromatic rings. The van der Waals surface area contributed by atoms with Gasteiger partial charge in [0, 0.05) is 6.54 Å². The first-order valence-corrected chi connectivity index (χ1v) is 8.51. The smallest absolute Gasteiger partial charge is 0.276 e. The Bertz CT molecular complexity index is 793. The van der Waals surface area contributed by atoms with E-state index in [4.69, 9.17) is 11.6 Å². The Morgan fingerprint density at radius 3 is 2.24 bits per heavy atom. The van der Waals surface area contributed by atoms with Crippen molar-refractivity contribution in [3.63, 3.8) is 0 Å². The lowest BCUT2D eigenvalue weighted by Crippen LogP contribution is -2.30. The number of rotatable bonds is 6. The van der Waals surface area contributed by atoms with Crippen LogP contribution in [0.5, 0.6) is 0 Å². The van der Waals surface area contributed by atoms with Gasteiger partial charge in [-0.15, -0.1) is 0 Å². The fraction of sp³-hybridized carbons (Fsp3) is 0.333. The van der Waals surface area contributed by atoms with Gasteiger partial charge in [0.1, 0.15) is 0 Å². The number of amides is 2. The van der Waals surface area contributed by atoms with Gasteiger partial charge in [-0.3, -0.25) is 9.59 Å². The van der Waals surface area contributed by atoms with Crippen LogP contribution in [0.15, 0.2) is 24.3 Å². The second kappa shape index (κ2) is 8.58. The zero-order valence-electron chi connectivity index (χ0n) is 14.5. The molecule has 0 unspecified atom stereocenters. The number of halogens is 1. The first kappa shape index (κ1) is 18.9. The number of para-hydroxylation sites is 1. The molecule has 0 fully saturated rings. The highest BCUT2D eigenvalue weighted by Gasteiger charge is 2.22. The van der Waals surface area contributed by atoms with Crippen molar-refractivity contribution < 1.29 is 9.59 Å². The van der Waals surface area contributed by atoms with Crippen molar-refractivity contribution in [2.45, 2.75) is 33.6 Å². The Morgan fingerprint density at radius 2 is 1.64 bits per heavy atom. The average molecular weight is 361 g/mol. The summed E-state index contributed by atoms with van der Waals surface area (Å²) in [4.78, 5) is 33.6. The molecule has 1 aromatic carbocycles. The van der Waals surface area contributed by atoms with E-state index in [9.17, 15) is 9.59 Å². The topological polar surface area (TPSA) is 84.0 Å². The summed E-state index contributed by atoms with van der Waals surface area (Å²) in [7, 11) is 0. The highest BCUT2D eigenvalue weighted by Crippen LogP contribution is 2.21. The zero-order valence-corrected chi connectivity index (χ0v) is 15.3. The van der Waals surface area contributed by atoms with Gasteiger partial charge in [0.05, 0.1) is 22.1 Å². The molecule has 6 nitrogen and oxygen atoms in total. The van der Waals surface area contributed by atoms with Gasteiger partial charge in [-0.25, -0.2) is 9.97 Å². The van der Waals surface area contributed by atoms with E-state index in [0.29, 0.717) is 28.6 Å². The Hall–Kier alpha value is -2.47. The molecule has 2 amide bonds. The summed E-state index contributed by atoms with van der Waals surface area (Å²) in [6, 6.07) is 6.86. The molecule has 2 rings (SSSR count). The van der Waals surface area contributed by atoms with E-state index in [0.717, 1.165) is 12.8 Å². The summed E-state index contributed by atoms with van der Waals surface area (Å²) >= 11 is 6.07. The molecule has 2 N–H and O–H groups in total. The van der Waals surface area contributed by atoms with E-state index >= 15 is 0 Å². The van der Waals surface area contributed by atoms with Crippen LogP contribution in [0.4, 0.5) is 5.69 Å². The molecule has 1 aromatic heterocycles. The Kier molecular flexibility index (Phi) is 6.47. The number of nitrogens with zero attached hydrogens (tertiary/aromatic N) is 2. The minimum Gasteiger partial charge on any atom is -0.351 e. The summed E-state index contributed by atoms with van der Waals surface area (Å²) in [5.41, 5.74) is 1.65. The Balaban J connectivity index is 2.32. The fourth-order valence-electron chi connectivity index (χ4n) is 2.13. The van der Waals surface area contributed by atoms with Crippen LogP contribution in [0.3, 0.4) is 0 Å². The van der Waals surface area contributed by atoms with Crippen LogP contribution in [-0.2, 0) is 0 Å². The summed E-state index contributed by atoms with van der Waals surface area (Å²) < 4.78 is 0. The number of hydrogen-bond acceptors (Lipinski definition) is 4. The quantitative estimate of drug-likeness (QED) is 0.772. The monoisotopic (exact) mass is 360 g/mol. The third kappa shape index (κ3) is 4.76. The van der Waals surface area contributed by atoms with Gasteiger partial charge >= 0.3 is 0 Å². The number of carbonyl (C=O) groups excluding carboxylic acids is 2. The van der Waals surface area contributed by atoms with Crippen LogP contribution in [-0.4, -0.2) is 28.3 Å². The molecule has 0 aliphatic carbocycles. The van der Waals surface area contributed by atoms with Gasteiger partial charge in [0.2, 0.25) is 0 Å². The predicted octanol–water partition coefficient (Wildman–Crippen LogP) is 3.53. The maximum Gasteiger partial charge on any atom is 0.276 e. The standard InChI is InChI=1S/C18H21ClN4O2/c1-4-5-10-20-17(24)15-16(22-12(3)11(2)21-15)18(25)23-14-9-7-6-8-13(14)19/h6-9H,4-5,10H2,1-3H3,(H,20,24)(H,23,25). The van der Waals surface area contributed by atoms with Crippen molar-refractivity contribution in [2.75, 3.05) is 11.9 Å². The number of nitrogens with one attached hydrogen (secondary N) is 2. The molecule has 0 radical (unpaired) electrons. The second-order valence-corrected chi connectivity index (χ2v) is 6.04. The van der Waals surface area contributed by atoms with E-state index in [1.54, 1.807) is 38.1 Å². The molecule has 132 valence electrons. The van der Waals surface area contributed by atoms with E-state index in [2.05, 4.69) is 20.6 Å². The first-order valence-electron chi connectivity index (χ1n) is 8.13. The number of carbonyl (C=O) groups is 2. The Morgan fingerprint density at radius 1 is 1.04 bits per heavy atom. The first-order chi connectivity index (χ1) is 11.9. The van der Waals surface area contributed by atoms with Crippen LogP contribution in [0, 0.1) is 13.8 Å². The van der Waals surface area contributed by atoms with Crippen LogP contribution in [0.1, 0.15) is 52.1 Å². The van der Waals surface area contributed by atoms with Crippen molar-refractivity contribution in [1.29, 1.82) is 0 Å². The van der Waals surface area contributed by atoms with Crippen molar-refractivity contribution in [3.05, 3.63) is 52.1 Å². The normalized spacial score (nSPS) is 10.4. The molecule has 0 saturated heterocycles. The third-order valence-electron chi connectivity index (χ3n) is 3.68. The molecule has 0 saturated carbocycles. The molecule has 0 spiro atoms. The average Bonchev–Trinajstić information content (AvgIpc) is 2.59. The highest BCUT2D eigenvalue weighted by molar-refractivity contribution is 6.34. The predicted molar refractivity (Wildman–Crippen MR) is 98.2 cm³/mol. The van der Waals surface area contributed by atoms with Gasteiger partial charge < -0.3 is 10.6 Å². The molecule has 0 atom stereocenters. The van der Waals surface area contributed by atoms with Crippen LogP contribution in [0.2, 0.25) is 5.02 Å². The van der Waals surface area contributed by atoms with Crippen LogP contribution < -0.4 is 10.6 Å². The highest BCUT2D eigenvalue weighted by atomic mass is 35.5. The SMILES string of the molecule is CCCCNC(=O)c1nc(C)c(C)nc1C(=O)Nc1ccccc1Cl. The van der Waals surface area contributed by atoms with E-state index < -0.39 is 11.8 Å². The number of aromatic nitrogens is 2. The lowest BCUT2D eigenvalue weighted by molar-refractivity contribution is 0.0932. The molecule has 0 aliphatic heterocycles. The molecule has 25 heavy (non-hydrogen) atoms. The minimum absolute atomic E-state index is 0.0166. The van der Waals surface area contributed by atoms with Gasteiger partial charge in [0.25, 0.3) is 11.8 Å². The van der Waals surface area contributed by atoms with Crippen LogP contribution in [0.25, 0.3) is 0 Å². The summed E-state index contributed by atoms with van der Waals surface area (Å²) in [6.07, 6.45) is 1.81. The number of hydrogen-bond donors (Lipinski definition) is 2. The number of unbranched alkanes of at least 4 members (excludes halogenated alkanes) is 1. The number of benzene rings is 1. The summed E-state index contributed by atoms with van der Waals surface area (Å²) in [5, 5.41) is 5.86. The van der Waals surface area contributed by atoms with E-state index in [1.807, 2.05) is 6.92 Å². The minimum atomic E-state index is -0.524. The lowest BCUT2D eigenvalue weighted by Gasteiger charge is -2.12. The van der Waals surface area contributed by atoms with Crippen LogP contribution >= 0.6 is 11.6 Å². The Labute approximate surface area is 152 Å². The lowest BCUT2D eigenvalue weighted by atomic mass is 10.2. The van der Waals surface area contributed by atoms with Crippen molar-refractivity contribution >= 4 is 29.1 Å². The maximum absolute atomic E-state index is 12.6. The number of aryl methyl sites for hydroxylation is 2. The fourth-order valence-corrected chi connectivity index (χ4v) is 2.31. The second-order valence-electron chi connectivity index (χ2n) is 5.64. The largest absolute Gasteiger partial charge is 0.351 e. The molecule has 0 aliphatic rings. The van der Waals surface area contributed by atoms with Gasteiger partial charge in [0.15, 0.2) is 11.4 Å². The molecule has 1 heterocycles. The van der Waals surface area contributed by atoms with E-state index in [1.165, 1.54) is 0 Å². The van der Waals surface area contributed by atoms with Gasteiger partial charge in [-0.1, -0.05) is 37.1 Å². The molecule has 0 bridgehead atoms. The third-order valence-corrected chi connectivity index (χ3v) is 4.00. The summed E-state index contributed by atoms with van der Waals surface area (Å²) in [6.45, 7) is 6.05.